The molecule has 2 saturated heterocycles. The molecule has 2 aromatic carbocycles. The second kappa shape index (κ2) is 12.0. The van der Waals surface area contributed by atoms with Crippen molar-refractivity contribution in [3.8, 4) is 0 Å². The van der Waals surface area contributed by atoms with E-state index in [4.69, 9.17) is 4.42 Å². The van der Waals surface area contributed by atoms with E-state index in [0.717, 1.165) is 36.0 Å². The monoisotopic (exact) mass is 563 g/mol. The molecule has 0 atom stereocenters. The average molecular weight is 564 g/mol. The van der Waals surface area contributed by atoms with Gasteiger partial charge in [0.15, 0.2) is 11.2 Å². The minimum Gasteiger partial charge on any atom is -0.451 e. The molecule has 0 aliphatic carbocycles. The number of fused-ring (bicyclic) bond motifs is 1. The van der Waals surface area contributed by atoms with Gasteiger partial charge in [-0.3, -0.25) is 19.2 Å². The fourth-order valence-corrected chi connectivity index (χ4v) is 5.46. The van der Waals surface area contributed by atoms with Gasteiger partial charge in [-0.25, -0.2) is 0 Å². The van der Waals surface area contributed by atoms with E-state index in [9.17, 15) is 19.2 Å². The third-order valence-corrected chi connectivity index (χ3v) is 8.23. The van der Waals surface area contributed by atoms with Crippen LogP contribution in [0.3, 0.4) is 0 Å². The molecule has 3 heterocycles. The maximum absolute atomic E-state index is 12.9. The molecule has 1 N–H and O–H groups in total. The van der Waals surface area contributed by atoms with Gasteiger partial charge in [-0.05, 0) is 36.2 Å². The van der Waals surface area contributed by atoms with E-state index >= 15 is 0 Å². The first-order valence-corrected chi connectivity index (χ1v) is 14.5. The first-order chi connectivity index (χ1) is 19.3. The maximum Gasteiger partial charge on any atom is 0.287 e. The Morgan fingerprint density at radius 2 is 1.80 bits per heavy atom. The number of carbonyl (C=O) groups excluding carboxylic acids is 3. The van der Waals surface area contributed by atoms with Gasteiger partial charge >= 0.3 is 0 Å². The molecule has 11 heteroatoms. The highest BCUT2D eigenvalue weighted by Gasteiger charge is 2.25. The highest BCUT2D eigenvalue weighted by Crippen LogP contribution is 2.26. The first-order valence-electron chi connectivity index (χ1n) is 13.4. The average Bonchev–Trinajstić information content (AvgIpc) is 3.39. The van der Waals surface area contributed by atoms with Crippen LogP contribution in [0.5, 0.6) is 0 Å². The zero-order chi connectivity index (χ0) is 28.2. The molecular weight excluding hydrogens is 530 g/mol. The number of piperazine rings is 1. The Hall–Kier alpha value is -3.99. The summed E-state index contributed by atoms with van der Waals surface area (Å²) < 4.78 is 7.60. The minimum atomic E-state index is -0.610. The second-order valence-corrected chi connectivity index (χ2v) is 10.8. The third kappa shape index (κ3) is 5.94. The highest BCUT2D eigenvalue weighted by molar-refractivity contribution is 7.99. The van der Waals surface area contributed by atoms with Crippen molar-refractivity contribution in [2.75, 3.05) is 61.8 Å². The number of hydrogen-bond acceptors (Lipinski definition) is 8. The van der Waals surface area contributed by atoms with Crippen molar-refractivity contribution < 1.29 is 18.8 Å². The first kappa shape index (κ1) is 27.6. The van der Waals surface area contributed by atoms with Gasteiger partial charge in [0.25, 0.3) is 5.91 Å². The molecule has 0 spiro atoms. The van der Waals surface area contributed by atoms with E-state index in [-0.39, 0.29) is 29.5 Å². The molecule has 2 fully saturated rings. The SMILES string of the molecule is CSN(C)c1ccc2oc(C(=O)NCC(=O)N3CCN(c4ccccc4CN4CCCC4=O)CC3)cc(=O)c2c1. The quantitative estimate of drug-likeness (QED) is 0.417. The van der Waals surface area contributed by atoms with Gasteiger partial charge < -0.3 is 28.7 Å². The van der Waals surface area contributed by atoms with Crippen molar-refractivity contribution in [2.45, 2.75) is 19.4 Å². The number of para-hydroxylation sites is 1. The molecule has 2 aliphatic rings. The van der Waals surface area contributed by atoms with E-state index in [0.29, 0.717) is 50.1 Å². The van der Waals surface area contributed by atoms with Gasteiger partial charge in [-0.1, -0.05) is 30.1 Å². The summed E-state index contributed by atoms with van der Waals surface area (Å²) >= 11 is 1.51. The molecule has 0 bridgehead atoms. The zero-order valence-electron chi connectivity index (χ0n) is 22.7. The Labute approximate surface area is 237 Å². The standard InChI is InChI=1S/C29H33N5O5S/c1-31(40-2)21-9-10-25-22(16-21)24(35)17-26(39-25)29(38)30-18-28(37)33-14-12-32(13-15-33)23-7-4-3-6-20(23)19-34-11-5-8-27(34)36/h3-4,6-7,9-10,16-17H,5,8,11-15,18-19H2,1-2H3,(H,30,38). The largest absolute Gasteiger partial charge is 0.451 e. The number of benzene rings is 2. The topological polar surface area (TPSA) is 106 Å². The van der Waals surface area contributed by atoms with Gasteiger partial charge in [-0.2, -0.15) is 0 Å². The molecule has 210 valence electrons. The van der Waals surface area contributed by atoms with Gasteiger partial charge in [-0.15, -0.1) is 0 Å². The van der Waals surface area contributed by atoms with Crippen molar-refractivity contribution >= 4 is 52.0 Å². The van der Waals surface area contributed by atoms with Gasteiger partial charge in [0.2, 0.25) is 11.8 Å². The Morgan fingerprint density at radius 1 is 1.02 bits per heavy atom. The van der Waals surface area contributed by atoms with Crippen LogP contribution >= 0.6 is 11.9 Å². The van der Waals surface area contributed by atoms with E-state index < -0.39 is 5.91 Å². The summed E-state index contributed by atoms with van der Waals surface area (Å²) in [7, 11) is 1.89. The minimum absolute atomic E-state index is 0.130. The molecule has 40 heavy (non-hydrogen) atoms. The number of carbonyl (C=O) groups is 3. The van der Waals surface area contributed by atoms with Crippen LogP contribution in [0.2, 0.25) is 0 Å². The summed E-state index contributed by atoms with van der Waals surface area (Å²) in [6, 6.07) is 14.5. The van der Waals surface area contributed by atoms with E-state index in [1.807, 2.05) is 40.7 Å². The lowest BCUT2D eigenvalue weighted by Gasteiger charge is -2.37. The Balaban J connectivity index is 1.16. The molecule has 10 nitrogen and oxygen atoms in total. The third-order valence-electron chi connectivity index (χ3n) is 7.47. The molecule has 3 amide bonds. The van der Waals surface area contributed by atoms with E-state index in [1.165, 1.54) is 11.9 Å². The Bertz CT molecular complexity index is 1480. The predicted octanol–water partition coefficient (Wildman–Crippen LogP) is 2.71. The van der Waals surface area contributed by atoms with Crippen LogP contribution in [-0.2, 0) is 16.1 Å². The summed E-state index contributed by atoms with van der Waals surface area (Å²) in [5.74, 6) is -0.740. The summed E-state index contributed by atoms with van der Waals surface area (Å²) in [6.07, 6.45) is 3.45. The van der Waals surface area contributed by atoms with Crippen LogP contribution in [0.25, 0.3) is 11.0 Å². The fourth-order valence-electron chi connectivity index (χ4n) is 5.14. The molecule has 3 aromatic rings. The molecule has 0 unspecified atom stereocenters. The van der Waals surface area contributed by atoms with Gasteiger partial charge in [0, 0.05) is 76.4 Å². The van der Waals surface area contributed by atoms with Gasteiger partial charge in [0.05, 0.1) is 11.9 Å². The van der Waals surface area contributed by atoms with Crippen molar-refractivity contribution in [3.63, 3.8) is 0 Å². The molecule has 0 saturated carbocycles. The number of rotatable bonds is 8. The zero-order valence-corrected chi connectivity index (χ0v) is 23.5. The smallest absolute Gasteiger partial charge is 0.287 e. The van der Waals surface area contributed by atoms with Crippen LogP contribution in [0, 0.1) is 0 Å². The van der Waals surface area contributed by atoms with Crippen LogP contribution in [0.15, 0.2) is 57.7 Å². The number of nitrogens with zero attached hydrogens (tertiary/aromatic N) is 4. The number of anilines is 2. The second-order valence-electron chi connectivity index (χ2n) is 9.93. The molecule has 0 radical (unpaired) electrons. The van der Waals surface area contributed by atoms with E-state index in [2.05, 4.69) is 22.3 Å². The van der Waals surface area contributed by atoms with Gasteiger partial charge in [0.1, 0.15) is 5.58 Å². The molecule has 1 aromatic heterocycles. The summed E-state index contributed by atoms with van der Waals surface area (Å²) in [6.45, 7) is 3.54. The lowest BCUT2D eigenvalue weighted by atomic mass is 10.1. The summed E-state index contributed by atoms with van der Waals surface area (Å²) in [5, 5.41) is 2.98. The summed E-state index contributed by atoms with van der Waals surface area (Å²) in [5.41, 5.74) is 3.03. The number of amides is 3. The molecule has 2 aliphatic heterocycles. The van der Waals surface area contributed by atoms with Crippen LogP contribution in [0.4, 0.5) is 11.4 Å². The predicted molar refractivity (Wildman–Crippen MR) is 157 cm³/mol. The number of hydrogen-bond donors (Lipinski definition) is 1. The fraction of sp³-hybridized carbons (Fsp3) is 0.379. The van der Waals surface area contributed by atoms with Crippen molar-refractivity contribution in [1.82, 2.24) is 15.1 Å². The molecular formula is C29H33N5O5S. The Morgan fingerprint density at radius 3 is 2.52 bits per heavy atom. The molecule has 5 rings (SSSR count). The normalized spacial score (nSPS) is 15.6. The van der Waals surface area contributed by atoms with E-state index in [1.54, 1.807) is 17.0 Å². The highest BCUT2D eigenvalue weighted by atomic mass is 32.2. The van der Waals surface area contributed by atoms with Crippen molar-refractivity contribution in [2.24, 2.45) is 0 Å². The van der Waals surface area contributed by atoms with Crippen molar-refractivity contribution in [3.05, 3.63) is 70.1 Å². The number of likely N-dealkylation sites (tertiary alicyclic amines) is 1. The van der Waals surface area contributed by atoms with Crippen LogP contribution in [-0.4, -0.2) is 80.1 Å². The number of nitrogens with one attached hydrogen (secondary N) is 1. The lowest BCUT2D eigenvalue weighted by molar-refractivity contribution is -0.130. The van der Waals surface area contributed by atoms with Crippen LogP contribution in [0.1, 0.15) is 29.0 Å². The maximum atomic E-state index is 12.9. The Kier molecular flexibility index (Phi) is 8.29. The van der Waals surface area contributed by atoms with Crippen LogP contribution < -0.4 is 20.0 Å². The van der Waals surface area contributed by atoms with Crippen molar-refractivity contribution in [1.29, 1.82) is 0 Å². The summed E-state index contributed by atoms with van der Waals surface area (Å²) in [4.78, 5) is 56.3. The lowest BCUT2D eigenvalue weighted by Crippen LogP contribution is -2.51.